The fourth-order valence-corrected chi connectivity index (χ4v) is 3.46. The molecule has 13 heavy (non-hydrogen) atoms. The van der Waals surface area contributed by atoms with Crippen molar-refractivity contribution in [3.05, 3.63) is 20.8 Å². The van der Waals surface area contributed by atoms with E-state index in [2.05, 4.69) is 57.2 Å². The van der Waals surface area contributed by atoms with E-state index in [0.29, 0.717) is 4.83 Å². The van der Waals surface area contributed by atoms with Crippen LogP contribution in [0, 0.1) is 5.92 Å². The Morgan fingerprint density at radius 1 is 1.54 bits per heavy atom. The van der Waals surface area contributed by atoms with E-state index < -0.39 is 0 Å². The summed E-state index contributed by atoms with van der Waals surface area (Å²) < 4.78 is 1.21. The van der Waals surface area contributed by atoms with Crippen LogP contribution in [-0.4, -0.2) is 4.83 Å². The summed E-state index contributed by atoms with van der Waals surface area (Å²) in [5, 5.41) is 2.15. The van der Waals surface area contributed by atoms with E-state index in [1.165, 1.54) is 22.2 Å². The SMILES string of the molecule is CCC(Cc1cc(Br)cs1)C(C)Br. The van der Waals surface area contributed by atoms with Gasteiger partial charge in [0.05, 0.1) is 0 Å². The van der Waals surface area contributed by atoms with E-state index in [9.17, 15) is 0 Å². The number of thiophene rings is 1. The lowest BCUT2D eigenvalue weighted by atomic mass is 9.99. The first-order chi connectivity index (χ1) is 6.13. The van der Waals surface area contributed by atoms with Crippen molar-refractivity contribution < 1.29 is 0 Å². The standard InChI is InChI=1S/C10H14Br2S/c1-3-8(7(2)11)4-10-5-9(12)6-13-10/h5-8H,3-4H2,1-2H3. The summed E-state index contributed by atoms with van der Waals surface area (Å²) in [5.41, 5.74) is 0. The molecule has 0 saturated carbocycles. The second-order valence-electron chi connectivity index (χ2n) is 3.28. The molecular weight excluding hydrogens is 312 g/mol. The molecule has 0 aliphatic rings. The third-order valence-corrected chi connectivity index (χ3v) is 4.73. The van der Waals surface area contributed by atoms with E-state index >= 15 is 0 Å². The van der Waals surface area contributed by atoms with Gasteiger partial charge < -0.3 is 0 Å². The van der Waals surface area contributed by atoms with Crippen LogP contribution in [0.15, 0.2) is 15.9 Å². The molecule has 0 fully saturated rings. The molecule has 0 aliphatic carbocycles. The average molecular weight is 326 g/mol. The Bertz CT molecular complexity index is 255. The molecule has 3 heteroatoms. The summed E-state index contributed by atoms with van der Waals surface area (Å²) in [6, 6.07) is 2.22. The van der Waals surface area contributed by atoms with Crippen molar-refractivity contribution in [1.29, 1.82) is 0 Å². The van der Waals surface area contributed by atoms with Crippen LogP contribution >= 0.6 is 43.2 Å². The third kappa shape index (κ3) is 3.72. The van der Waals surface area contributed by atoms with Crippen LogP contribution in [0.4, 0.5) is 0 Å². The number of halogens is 2. The summed E-state index contributed by atoms with van der Waals surface area (Å²) in [6.07, 6.45) is 2.43. The van der Waals surface area contributed by atoms with Gasteiger partial charge in [-0.15, -0.1) is 11.3 Å². The molecule has 0 nitrogen and oxygen atoms in total. The lowest BCUT2D eigenvalue weighted by Crippen LogP contribution is -2.12. The summed E-state index contributed by atoms with van der Waals surface area (Å²) >= 11 is 8.98. The first-order valence-electron chi connectivity index (χ1n) is 4.50. The van der Waals surface area contributed by atoms with Crippen LogP contribution in [0.25, 0.3) is 0 Å². The molecule has 1 heterocycles. The van der Waals surface area contributed by atoms with Gasteiger partial charge in [-0.05, 0) is 34.3 Å². The summed E-state index contributed by atoms with van der Waals surface area (Å²) in [5.74, 6) is 0.755. The minimum absolute atomic E-state index is 0.610. The van der Waals surface area contributed by atoms with E-state index in [1.807, 2.05) is 11.3 Å². The smallest absolute Gasteiger partial charge is 0.0285 e. The van der Waals surface area contributed by atoms with E-state index in [0.717, 1.165) is 5.92 Å². The van der Waals surface area contributed by atoms with Gasteiger partial charge in [-0.3, -0.25) is 0 Å². The van der Waals surface area contributed by atoms with Crippen molar-refractivity contribution in [2.45, 2.75) is 31.5 Å². The molecule has 0 aromatic carbocycles. The summed E-state index contributed by atoms with van der Waals surface area (Å²) in [4.78, 5) is 2.09. The quantitative estimate of drug-likeness (QED) is 0.693. The predicted octanol–water partition coefficient (Wildman–Crippen LogP) is 4.86. The van der Waals surface area contributed by atoms with E-state index in [4.69, 9.17) is 0 Å². The van der Waals surface area contributed by atoms with Crippen molar-refractivity contribution in [2.75, 3.05) is 0 Å². The lowest BCUT2D eigenvalue weighted by molar-refractivity contribution is 0.512. The number of hydrogen-bond donors (Lipinski definition) is 0. The average Bonchev–Trinajstić information content (AvgIpc) is 2.46. The first kappa shape index (κ1) is 11.7. The first-order valence-corrected chi connectivity index (χ1v) is 7.09. The predicted molar refractivity (Wildman–Crippen MR) is 67.9 cm³/mol. The summed E-state index contributed by atoms with van der Waals surface area (Å²) in [7, 11) is 0. The van der Waals surface area contributed by atoms with Gasteiger partial charge >= 0.3 is 0 Å². The van der Waals surface area contributed by atoms with Crippen LogP contribution in [-0.2, 0) is 6.42 Å². The Morgan fingerprint density at radius 3 is 2.62 bits per heavy atom. The Balaban J connectivity index is 2.56. The van der Waals surface area contributed by atoms with E-state index in [1.54, 1.807) is 0 Å². The zero-order valence-electron chi connectivity index (χ0n) is 7.89. The van der Waals surface area contributed by atoms with Gasteiger partial charge in [0.25, 0.3) is 0 Å². The van der Waals surface area contributed by atoms with Crippen LogP contribution in [0.5, 0.6) is 0 Å². The van der Waals surface area contributed by atoms with Crippen LogP contribution in [0.3, 0.4) is 0 Å². The maximum absolute atomic E-state index is 3.66. The molecular formula is C10H14Br2S. The van der Waals surface area contributed by atoms with Gasteiger partial charge in [0.1, 0.15) is 0 Å². The molecule has 0 amide bonds. The minimum Gasteiger partial charge on any atom is -0.148 e. The van der Waals surface area contributed by atoms with Crippen LogP contribution in [0.1, 0.15) is 25.1 Å². The molecule has 1 aromatic heterocycles. The van der Waals surface area contributed by atoms with Gasteiger partial charge in [-0.1, -0.05) is 36.2 Å². The molecule has 0 radical (unpaired) electrons. The molecule has 2 atom stereocenters. The van der Waals surface area contributed by atoms with Crippen molar-refractivity contribution in [3.8, 4) is 0 Å². The molecule has 1 rings (SSSR count). The minimum atomic E-state index is 0.610. The maximum atomic E-state index is 3.66. The highest BCUT2D eigenvalue weighted by Gasteiger charge is 2.13. The van der Waals surface area contributed by atoms with Crippen molar-refractivity contribution >= 4 is 43.2 Å². The Hall–Kier alpha value is 0.660. The maximum Gasteiger partial charge on any atom is 0.0285 e. The van der Waals surface area contributed by atoms with Gasteiger partial charge in [-0.2, -0.15) is 0 Å². The molecule has 0 saturated heterocycles. The molecule has 0 spiro atoms. The Morgan fingerprint density at radius 2 is 2.23 bits per heavy atom. The van der Waals surface area contributed by atoms with Gasteiger partial charge in [0.2, 0.25) is 0 Å². The number of rotatable bonds is 4. The normalized spacial score (nSPS) is 15.7. The van der Waals surface area contributed by atoms with Gasteiger partial charge in [0, 0.05) is 19.6 Å². The Labute approximate surface area is 101 Å². The summed E-state index contributed by atoms with van der Waals surface area (Å²) in [6.45, 7) is 4.49. The zero-order valence-corrected chi connectivity index (χ0v) is 11.9. The van der Waals surface area contributed by atoms with Crippen LogP contribution in [0.2, 0.25) is 0 Å². The lowest BCUT2D eigenvalue weighted by Gasteiger charge is -2.16. The van der Waals surface area contributed by atoms with Crippen molar-refractivity contribution in [2.24, 2.45) is 5.92 Å². The van der Waals surface area contributed by atoms with E-state index in [-0.39, 0.29) is 0 Å². The highest BCUT2D eigenvalue weighted by Crippen LogP contribution is 2.26. The van der Waals surface area contributed by atoms with Gasteiger partial charge in [-0.25, -0.2) is 0 Å². The van der Waals surface area contributed by atoms with Crippen molar-refractivity contribution in [1.82, 2.24) is 0 Å². The van der Waals surface area contributed by atoms with Gasteiger partial charge in [0.15, 0.2) is 0 Å². The molecule has 0 N–H and O–H groups in total. The molecule has 74 valence electrons. The molecule has 1 aromatic rings. The highest BCUT2D eigenvalue weighted by atomic mass is 79.9. The molecule has 2 unspecified atom stereocenters. The fraction of sp³-hybridized carbons (Fsp3) is 0.600. The number of hydrogen-bond acceptors (Lipinski definition) is 1. The molecule has 0 bridgehead atoms. The fourth-order valence-electron chi connectivity index (χ4n) is 1.35. The second-order valence-corrected chi connectivity index (χ2v) is 6.64. The van der Waals surface area contributed by atoms with Crippen LogP contribution < -0.4 is 0 Å². The highest BCUT2D eigenvalue weighted by molar-refractivity contribution is 9.10. The second kappa shape index (κ2) is 5.52. The van der Waals surface area contributed by atoms with Crippen molar-refractivity contribution in [3.63, 3.8) is 0 Å². The largest absolute Gasteiger partial charge is 0.148 e. The Kier molecular flexibility index (Phi) is 4.98. The zero-order chi connectivity index (χ0) is 9.84. The monoisotopic (exact) mass is 324 g/mol. The number of alkyl halides is 1. The molecule has 0 aliphatic heterocycles. The third-order valence-electron chi connectivity index (χ3n) is 2.26. The topological polar surface area (TPSA) is 0 Å².